The van der Waals surface area contributed by atoms with E-state index < -0.39 is 11.9 Å². The third kappa shape index (κ3) is 6.60. The Kier molecular flexibility index (Phi) is 8.82. The summed E-state index contributed by atoms with van der Waals surface area (Å²) in [5, 5.41) is 0. The smallest absolute Gasteiger partial charge is 0.348 e. The van der Waals surface area contributed by atoms with Crippen LogP contribution in [0, 0.1) is 0 Å². The summed E-state index contributed by atoms with van der Waals surface area (Å²) < 4.78 is 14.6. The van der Waals surface area contributed by atoms with Crippen LogP contribution in [0.1, 0.15) is 33.6 Å². The van der Waals surface area contributed by atoms with Gasteiger partial charge in [-0.2, -0.15) is 0 Å². The maximum absolute atomic E-state index is 11.6. The Bertz CT molecular complexity index is 270. The second-order valence-corrected chi connectivity index (χ2v) is 3.20. The van der Waals surface area contributed by atoms with Gasteiger partial charge in [0.1, 0.15) is 6.26 Å². The number of hydrogen-bond donors (Lipinski definition) is 0. The van der Waals surface area contributed by atoms with E-state index in [0.717, 1.165) is 19.1 Å². The van der Waals surface area contributed by atoms with E-state index in [1.807, 2.05) is 6.92 Å². The fraction of sp³-hybridized carbons (Fsp3) is 0.667. The van der Waals surface area contributed by atoms with Gasteiger partial charge in [-0.15, -0.1) is 0 Å². The van der Waals surface area contributed by atoms with E-state index >= 15 is 0 Å². The maximum Gasteiger partial charge on any atom is 0.348 e. The number of rotatable bonds is 8. The van der Waals surface area contributed by atoms with Gasteiger partial charge in [0.15, 0.2) is 5.57 Å². The molecule has 5 heteroatoms. The van der Waals surface area contributed by atoms with Crippen molar-refractivity contribution in [1.82, 2.24) is 0 Å². The lowest BCUT2D eigenvalue weighted by Gasteiger charge is -2.07. The van der Waals surface area contributed by atoms with Crippen molar-refractivity contribution in [2.24, 2.45) is 0 Å². The highest BCUT2D eigenvalue weighted by Gasteiger charge is 2.21. The Balaban J connectivity index is 4.45. The zero-order chi connectivity index (χ0) is 13.1. The number of carbonyl (C=O) groups excluding carboxylic acids is 2. The molecule has 0 saturated carbocycles. The molecule has 17 heavy (non-hydrogen) atoms. The van der Waals surface area contributed by atoms with Crippen LogP contribution in [0.15, 0.2) is 11.8 Å². The van der Waals surface area contributed by atoms with Crippen LogP contribution in [0.4, 0.5) is 0 Å². The molecule has 98 valence electrons. The minimum atomic E-state index is -0.720. The summed E-state index contributed by atoms with van der Waals surface area (Å²) in [7, 11) is 0. The lowest BCUT2D eigenvalue weighted by molar-refractivity contribution is -0.147. The lowest BCUT2D eigenvalue weighted by atomic mass is 10.3. The van der Waals surface area contributed by atoms with Crippen LogP contribution in [0.25, 0.3) is 0 Å². The van der Waals surface area contributed by atoms with Gasteiger partial charge in [-0.1, -0.05) is 13.3 Å². The third-order valence-electron chi connectivity index (χ3n) is 1.81. The van der Waals surface area contributed by atoms with Crippen LogP contribution in [0.3, 0.4) is 0 Å². The molecule has 0 unspecified atom stereocenters. The van der Waals surface area contributed by atoms with Gasteiger partial charge in [0.2, 0.25) is 0 Å². The van der Waals surface area contributed by atoms with Crippen LogP contribution in [-0.4, -0.2) is 31.8 Å². The molecule has 0 radical (unpaired) electrons. The fourth-order valence-electron chi connectivity index (χ4n) is 0.942. The first kappa shape index (κ1) is 15.5. The molecule has 0 bridgehead atoms. The third-order valence-corrected chi connectivity index (χ3v) is 1.81. The van der Waals surface area contributed by atoms with Gasteiger partial charge in [-0.3, -0.25) is 0 Å². The van der Waals surface area contributed by atoms with E-state index in [-0.39, 0.29) is 18.8 Å². The van der Waals surface area contributed by atoms with E-state index in [9.17, 15) is 9.59 Å². The highest BCUT2D eigenvalue weighted by Crippen LogP contribution is 2.04. The first-order valence-corrected chi connectivity index (χ1v) is 5.83. The Hall–Kier alpha value is -1.52. The van der Waals surface area contributed by atoms with Gasteiger partial charge >= 0.3 is 11.9 Å². The molecule has 0 N–H and O–H groups in total. The van der Waals surface area contributed by atoms with Crippen molar-refractivity contribution in [3.8, 4) is 0 Å². The Labute approximate surface area is 102 Å². The zero-order valence-electron chi connectivity index (χ0n) is 10.7. The van der Waals surface area contributed by atoms with Gasteiger partial charge in [0, 0.05) is 0 Å². The molecule has 0 aromatic rings. The topological polar surface area (TPSA) is 61.8 Å². The van der Waals surface area contributed by atoms with Crippen LogP contribution < -0.4 is 0 Å². The maximum atomic E-state index is 11.6. The van der Waals surface area contributed by atoms with E-state index in [1.54, 1.807) is 13.8 Å². The normalized spacial score (nSPS) is 10.9. The molecule has 0 heterocycles. The Morgan fingerprint density at radius 1 is 1.00 bits per heavy atom. The molecule has 0 aliphatic rings. The van der Waals surface area contributed by atoms with Crippen LogP contribution >= 0.6 is 0 Å². The van der Waals surface area contributed by atoms with Gasteiger partial charge in [-0.25, -0.2) is 9.59 Å². The number of esters is 2. The summed E-state index contributed by atoms with van der Waals surface area (Å²) in [6.07, 6.45) is 2.76. The molecule has 0 amide bonds. The van der Waals surface area contributed by atoms with E-state index in [4.69, 9.17) is 14.2 Å². The summed E-state index contributed by atoms with van der Waals surface area (Å²) in [5.74, 6) is -1.42. The van der Waals surface area contributed by atoms with Gasteiger partial charge in [-0.05, 0) is 20.3 Å². The second-order valence-electron chi connectivity index (χ2n) is 3.20. The number of ether oxygens (including phenoxy) is 3. The zero-order valence-corrected chi connectivity index (χ0v) is 10.7. The molecule has 5 nitrogen and oxygen atoms in total. The van der Waals surface area contributed by atoms with Crippen molar-refractivity contribution in [2.75, 3.05) is 19.8 Å². The van der Waals surface area contributed by atoms with E-state index in [0.29, 0.717) is 6.61 Å². The predicted molar refractivity (Wildman–Crippen MR) is 62.2 cm³/mol. The SMILES string of the molecule is CCCCOC(=O)/C(=C/OCC)C(=O)OCC. The summed E-state index contributed by atoms with van der Waals surface area (Å²) in [6.45, 7) is 6.25. The quantitative estimate of drug-likeness (QED) is 0.163. The number of unbranched alkanes of at least 4 members (excludes halogenated alkanes) is 1. The van der Waals surface area contributed by atoms with Gasteiger partial charge in [0.05, 0.1) is 19.8 Å². The molecule has 0 fully saturated rings. The van der Waals surface area contributed by atoms with Crippen molar-refractivity contribution in [3.63, 3.8) is 0 Å². The highest BCUT2D eigenvalue weighted by atomic mass is 16.6. The Morgan fingerprint density at radius 3 is 2.18 bits per heavy atom. The lowest BCUT2D eigenvalue weighted by Crippen LogP contribution is -2.19. The first-order chi connectivity index (χ1) is 8.17. The average Bonchev–Trinajstić information content (AvgIpc) is 2.30. The molecule has 0 rings (SSSR count). The van der Waals surface area contributed by atoms with E-state index in [1.165, 1.54) is 0 Å². The van der Waals surface area contributed by atoms with Crippen molar-refractivity contribution in [1.29, 1.82) is 0 Å². The highest BCUT2D eigenvalue weighted by molar-refractivity contribution is 6.13. The molecule has 0 atom stereocenters. The van der Waals surface area contributed by atoms with Gasteiger partial charge < -0.3 is 14.2 Å². The molecular weight excluding hydrogens is 224 g/mol. The van der Waals surface area contributed by atoms with E-state index in [2.05, 4.69) is 0 Å². The monoisotopic (exact) mass is 244 g/mol. The molecular formula is C12H20O5. The largest absolute Gasteiger partial charge is 0.500 e. The predicted octanol–water partition coefficient (Wildman–Crippen LogP) is 1.81. The first-order valence-electron chi connectivity index (χ1n) is 5.83. The molecule has 0 aromatic heterocycles. The van der Waals surface area contributed by atoms with Crippen molar-refractivity contribution >= 4 is 11.9 Å². The minimum Gasteiger partial charge on any atom is -0.500 e. The van der Waals surface area contributed by atoms with Crippen LogP contribution in [-0.2, 0) is 23.8 Å². The molecule has 0 aliphatic heterocycles. The Morgan fingerprint density at radius 2 is 1.65 bits per heavy atom. The van der Waals surface area contributed by atoms with Crippen LogP contribution in [0.5, 0.6) is 0 Å². The van der Waals surface area contributed by atoms with Crippen molar-refractivity contribution < 1.29 is 23.8 Å². The fourth-order valence-corrected chi connectivity index (χ4v) is 0.942. The van der Waals surface area contributed by atoms with Crippen molar-refractivity contribution in [2.45, 2.75) is 33.6 Å². The van der Waals surface area contributed by atoms with Crippen molar-refractivity contribution in [3.05, 3.63) is 11.8 Å². The van der Waals surface area contributed by atoms with Gasteiger partial charge in [0.25, 0.3) is 0 Å². The summed E-state index contributed by atoms with van der Waals surface area (Å²) in [4.78, 5) is 23.0. The molecule has 0 saturated heterocycles. The minimum absolute atomic E-state index is 0.199. The molecule has 0 aromatic carbocycles. The summed E-state index contributed by atoms with van der Waals surface area (Å²) in [6, 6.07) is 0. The average molecular weight is 244 g/mol. The van der Waals surface area contributed by atoms with Crippen LogP contribution in [0.2, 0.25) is 0 Å². The second kappa shape index (κ2) is 9.69. The summed E-state index contributed by atoms with van der Waals surface area (Å²) >= 11 is 0. The number of hydrogen-bond acceptors (Lipinski definition) is 5. The standard InChI is InChI=1S/C12H20O5/c1-4-7-8-17-12(14)10(9-15-5-2)11(13)16-6-3/h9H,4-8H2,1-3H3/b10-9+. The number of carbonyl (C=O) groups is 2. The summed E-state index contributed by atoms with van der Waals surface area (Å²) in [5.41, 5.74) is -0.204. The molecule has 0 spiro atoms. The molecule has 0 aliphatic carbocycles.